The summed E-state index contributed by atoms with van der Waals surface area (Å²) in [5.74, 6) is 0.590. The van der Waals surface area contributed by atoms with E-state index in [4.69, 9.17) is 9.31 Å². The van der Waals surface area contributed by atoms with Crippen LogP contribution in [0.5, 0.6) is 0 Å². The topological polar surface area (TPSA) is 35.5 Å². The first-order valence-corrected chi connectivity index (χ1v) is 8.23. The van der Waals surface area contributed by atoms with E-state index in [0.29, 0.717) is 12.2 Å². The summed E-state index contributed by atoms with van der Waals surface area (Å²) in [5, 5.41) is 0. The van der Waals surface area contributed by atoms with Gasteiger partial charge in [0.2, 0.25) is 0 Å². The lowest BCUT2D eigenvalue weighted by molar-refractivity contribution is -0.120. The summed E-state index contributed by atoms with van der Waals surface area (Å²) in [6, 6.07) is 10.1. The van der Waals surface area contributed by atoms with Gasteiger partial charge >= 0.3 is 7.12 Å². The quantitative estimate of drug-likeness (QED) is 0.776. The van der Waals surface area contributed by atoms with Crippen molar-refractivity contribution in [1.29, 1.82) is 0 Å². The Morgan fingerprint density at radius 2 is 1.68 bits per heavy atom. The standard InChI is InChI=1S/C18H25BO3/c1-17(2)18(3,4)22-19(21-17)15(12-16(20)14-10-11-14)13-8-6-5-7-9-13/h5-9,14-15H,10-12H2,1-4H3. The lowest BCUT2D eigenvalue weighted by Crippen LogP contribution is -2.41. The smallest absolute Gasteiger partial charge is 0.403 e. The minimum atomic E-state index is -0.368. The molecule has 1 unspecified atom stereocenters. The number of Topliss-reactive ketones (excluding diaryl/α,β-unsaturated/α-hetero) is 1. The van der Waals surface area contributed by atoms with Crippen molar-refractivity contribution in [2.45, 2.75) is 64.0 Å². The van der Waals surface area contributed by atoms with Gasteiger partial charge in [0.15, 0.2) is 0 Å². The Hall–Kier alpha value is -1.13. The molecular weight excluding hydrogens is 275 g/mol. The van der Waals surface area contributed by atoms with Crippen LogP contribution in [0.4, 0.5) is 0 Å². The summed E-state index contributed by atoms with van der Waals surface area (Å²) < 4.78 is 12.4. The van der Waals surface area contributed by atoms with E-state index in [9.17, 15) is 4.79 Å². The third-order valence-corrected chi connectivity index (χ3v) is 5.28. The molecule has 0 bridgehead atoms. The maximum absolute atomic E-state index is 12.4. The number of benzene rings is 1. The summed E-state index contributed by atoms with van der Waals surface area (Å²) in [6.45, 7) is 8.21. The van der Waals surface area contributed by atoms with Crippen LogP contribution in [-0.4, -0.2) is 24.1 Å². The van der Waals surface area contributed by atoms with E-state index >= 15 is 0 Å². The molecule has 0 aromatic heterocycles. The normalized spacial score (nSPS) is 24.3. The van der Waals surface area contributed by atoms with Gasteiger partial charge in [-0.1, -0.05) is 30.3 Å². The highest BCUT2D eigenvalue weighted by Gasteiger charge is 2.54. The van der Waals surface area contributed by atoms with Crippen molar-refractivity contribution >= 4 is 12.9 Å². The van der Waals surface area contributed by atoms with E-state index in [2.05, 4.69) is 39.8 Å². The zero-order chi connectivity index (χ0) is 16.0. The minimum Gasteiger partial charge on any atom is -0.403 e. The SMILES string of the molecule is CC1(C)OB(C(CC(=O)C2CC2)c2ccccc2)OC1(C)C. The van der Waals surface area contributed by atoms with Crippen LogP contribution in [-0.2, 0) is 14.1 Å². The fourth-order valence-corrected chi connectivity index (χ4v) is 2.91. The second-order valence-corrected chi connectivity index (χ2v) is 7.59. The van der Waals surface area contributed by atoms with Gasteiger partial charge in [-0.05, 0) is 46.1 Å². The first kappa shape index (κ1) is 15.8. The summed E-state index contributed by atoms with van der Waals surface area (Å²) >= 11 is 0. The Labute approximate surface area is 133 Å². The summed E-state index contributed by atoms with van der Waals surface area (Å²) in [5.41, 5.74) is 0.385. The molecule has 3 rings (SSSR count). The maximum Gasteiger partial charge on any atom is 0.466 e. The molecule has 1 atom stereocenters. The number of hydrogen-bond acceptors (Lipinski definition) is 3. The van der Waals surface area contributed by atoms with Crippen LogP contribution in [0.1, 0.15) is 58.3 Å². The first-order valence-electron chi connectivity index (χ1n) is 8.23. The van der Waals surface area contributed by atoms with Crippen molar-refractivity contribution < 1.29 is 14.1 Å². The molecule has 0 spiro atoms. The third kappa shape index (κ3) is 2.99. The van der Waals surface area contributed by atoms with E-state index in [0.717, 1.165) is 18.4 Å². The average Bonchev–Trinajstić information content (AvgIpc) is 3.25. The molecule has 1 aliphatic heterocycles. The molecule has 0 radical (unpaired) electrons. The molecule has 4 heteroatoms. The summed E-state index contributed by atoms with van der Waals surface area (Å²) in [4.78, 5) is 12.4. The van der Waals surface area contributed by atoms with Crippen LogP contribution in [0.15, 0.2) is 30.3 Å². The Balaban J connectivity index is 1.84. The Kier molecular flexibility index (Phi) is 3.94. The van der Waals surface area contributed by atoms with Crippen LogP contribution >= 0.6 is 0 Å². The van der Waals surface area contributed by atoms with E-state index in [-0.39, 0.29) is 30.1 Å². The minimum absolute atomic E-state index is 0.0321. The molecule has 1 saturated carbocycles. The van der Waals surface area contributed by atoms with E-state index in [1.165, 1.54) is 0 Å². The van der Waals surface area contributed by atoms with Gasteiger partial charge in [-0.25, -0.2) is 0 Å². The molecule has 0 N–H and O–H groups in total. The fourth-order valence-electron chi connectivity index (χ4n) is 2.91. The fraction of sp³-hybridized carbons (Fsp3) is 0.611. The molecular formula is C18H25BO3. The number of carbonyl (C=O) groups is 1. The van der Waals surface area contributed by atoms with Gasteiger partial charge in [0.05, 0.1) is 11.2 Å². The molecule has 0 amide bonds. The molecule has 118 valence electrons. The summed E-state index contributed by atoms with van der Waals surface area (Å²) in [7, 11) is -0.366. The predicted octanol–water partition coefficient (Wildman–Crippen LogP) is 3.77. The first-order chi connectivity index (χ1) is 10.3. The molecule has 2 aliphatic rings. The van der Waals surface area contributed by atoms with E-state index < -0.39 is 0 Å². The van der Waals surface area contributed by atoms with Gasteiger partial charge < -0.3 is 9.31 Å². The largest absolute Gasteiger partial charge is 0.466 e. The monoisotopic (exact) mass is 300 g/mol. The van der Waals surface area contributed by atoms with Crippen molar-refractivity contribution in [3.63, 3.8) is 0 Å². The molecule has 1 aromatic carbocycles. The van der Waals surface area contributed by atoms with Crippen LogP contribution in [0.3, 0.4) is 0 Å². The van der Waals surface area contributed by atoms with Gasteiger partial charge in [-0.3, -0.25) is 4.79 Å². The van der Waals surface area contributed by atoms with Crippen LogP contribution in [0.2, 0.25) is 0 Å². The molecule has 1 heterocycles. The van der Waals surface area contributed by atoms with E-state index in [1.807, 2.05) is 18.2 Å². The zero-order valence-corrected chi connectivity index (χ0v) is 14.0. The van der Waals surface area contributed by atoms with Crippen LogP contribution < -0.4 is 0 Å². The second-order valence-electron chi connectivity index (χ2n) is 7.59. The van der Waals surface area contributed by atoms with Crippen molar-refractivity contribution in [2.75, 3.05) is 0 Å². The van der Waals surface area contributed by atoms with Crippen molar-refractivity contribution in [3.05, 3.63) is 35.9 Å². The second kappa shape index (κ2) is 5.50. The highest BCUT2D eigenvalue weighted by Crippen LogP contribution is 2.43. The molecule has 1 aromatic rings. The van der Waals surface area contributed by atoms with Gasteiger partial charge in [0, 0.05) is 18.2 Å². The number of rotatable bonds is 5. The van der Waals surface area contributed by atoms with Gasteiger partial charge in [-0.2, -0.15) is 0 Å². The summed E-state index contributed by atoms with van der Waals surface area (Å²) in [6.07, 6.45) is 2.60. The highest BCUT2D eigenvalue weighted by molar-refractivity contribution is 6.48. The van der Waals surface area contributed by atoms with Crippen LogP contribution in [0.25, 0.3) is 0 Å². The Bertz CT molecular complexity index is 533. The van der Waals surface area contributed by atoms with Crippen molar-refractivity contribution in [1.82, 2.24) is 0 Å². The third-order valence-electron chi connectivity index (χ3n) is 5.28. The maximum atomic E-state index is 12.4. The molecule has 3 nitrogen and oxygen atoms in total. The number of carbonyl (C=O) groups excluding carboxylic acids is 1. The molecule has 2 fully saturated rings. The lowest BCUT2D eigenvalue weighted by atomic mass is 9.65. The lowest BCUT2D eigenvalue weighted by Gasteiger charge is -2.32. The van der Waals surface area contributed by atoms with E-state index in [1.54, 1.807) is 0 Å². The molecule has 22 heavy (non-hydrogen) atoms. The highest BCUT2D eigenvalue weighted by atomic mass is 16.7. The van der Waals surface area contributed by atoms with Crippen molar-refractivity contribution in [2.24, 2.45) is 5.92 Å². The van der Waals surface area contributed by atoms with Crippen molar-refractivity contribution in [3.8, 4) is 0 Å². The Morgan fingerprint density at radius 1 is 1.14 bits per heavy atom. The van der Waals surface area contributed by atoms with Gasteiger partial charge in [-0.15, -0.1) is 0 Å². The average molecular weight is 300 g/mol. The zero-order valence-electron chi connectivity index (χ0n) is 14.0. The number of hydrogen-bond donors (Lipinski definition) is 0. The Morgan fingerprint density at radius 3 is 2.18 bits per heavy atom. The van der Waals surface area contributed by atoms with Gasteiger partial charge in [0.25, 0.3) is 0 Å². The van der Waals surface area contributed by atoms with Crippen LogP contribution in [0, 0.1) is 5.92 Å². The van der Waals surface area contributed by atoms with Gasteiger partial charge in [0.1, 0.15) is 5.78 Å². The number of ketones is 1. The predicted molar refractivity (Wildman–Crippen MR) is 87.6 cm³/mol. The molecule has 1 aliphatic carbocycles. The molecule has 1 saturated heterocycles.